The van der Waals surface area contributed by atoms with E-state index >= 15 is 0 Å². The quantitative estimate of drug-likeness (QED) is 0.629. The monoisotopic (exact) mass is 302 g/mol. The normalized spacial score (nSPS) is 17.2. The van der Waals surface area contributed by atoms with Gasteiger partial charge in [0.05, 0.1) is 16.4 Å². The Bertz CT molecular complexity index is 599. The minimum absolute atomic E-state index is 0.0601. The van der Waals surface area contributed by atoms with Crippen molar-refractivity contribution in [1.82, 2.24) is 9.80 Å². The lowest BCUT2D eigenvalue weighted by molar-refractivity contribution is -0.385. The van der Waals surface area contributed by atoms with E-state index in [4.69, 9.17) is 0 Å². The van der Waals surface area contributed by atoms with E-state index in [1.807, 2.05) is 6.07 Å². The molecular weight excluding hydrogens is 280 g/mol. The Morgan fingerprint density at radius 3 is 2.45 bits per heavy atom. The molecule has 0 radical (unpaired) electrons. The van der Waals surface area contributed by atoms with Gasteiger partial charge in [-0.1, -0.05) is 6.07 Å². The molecule has 6 nitrogen and oxygen atoms in total. The summed E-state index contributed by atoms with van der Waals surface area (Å²) in [6.07, 6.45) is 0. The third kappa shape index (κ3) is 3.81. The maximum atomic E-state index is 11.2. The van der Waals surface area contributed by atoms with Crippen LogP contribution in [0.25, 0.3) is 0 Å². The maximum absolute atomic E-state index is 11.2. The van der Waals surface area contributed by atoms with E-state index in [1.165, 1.54) is 6.07 Å². The predicted molar refractivity (Wildman–Crippen MR) is 84.5 cm³/mol. The SMILES string of the molecule is CN1CCN(Cc2cc([N+](=O)[O-])cc(C(C)(C)C#N)c2)CC1. The summed E-state index contributed by atoms with van der Waals surface area (Å²) in [5.41, 5.74) is 0.929. The van der Waals surface area contributed by atoms with Crippen molar-refractivity contribution >= 4 is 5.69 Å². The number of nitro groups is 1. The second-order valence-electron chi connectivity index (χ2n) is 6.46. The molecule has 22 heavy (non-hydrogen) atoms. The molecule has 1 heterocycles. The molecule has 0 saturated carbocycles. The number of rotatable bonds is 4. The van der Waals surface area contributed by atoms with Crippen molar-refractivity contribution in [2.24, 2.45) is 0 Å². The van der Waals surface area contributed by atoms with Crippen LogP contribution < -0.4 is 0 Å². The van der Waals surface area contributed by atoms with Gasteiger partial charge in [-0.05, 0) is 32.0 Å². The minimum Gasteiger partial charge on any atom is -0.304 e. The molecule has 0 bridgehead atoms. The molecule has 1 aliphatic rings. The van der Waals surface area contributed by atoms with Crippen LogP contribution in [0.4, 0.5) is 5.69 Å². The molecule has 0 amide bonds. The number of nitro benzene ring substituents is 1. The number of piperazine rings is 1. The van der Waals surface area contributed by atoms with E-state index in [0.29, 0.717) is 12.1 Å². The fourth-order valence-electron chi connectivity index (χ4n) is 2.56. The molecule has 0 aromatic heterocycles. The van der Waals surface area contributed by atoms with Crippen LogP contribution in [0.1, 0.15) is 25.0 Å². The molecule has 1 saturated heterocycles. The van der Waals surface area contributed by atoms with Gasteiger partial charge in [-0.2, -0.15) is 5.26 Å². The number of hydrogen-bond acceptors (Lipinski definition) is 5. The van der Waals surface area contributed by atoms with Crippen LogP contribution in [0.15, 0.2) is 18.2 Å². The predicted octanol–water partition coefficient (Wildman–Crippen LogP) is 2.14. The van der Waals surface area contributed by atoms with Crippen LogP contribution in [0, 0.1) is 21.4 Å². The molecule has 0 N–H and O–H groups in total. The van der Waals surface area contributed by atoms with Gasteiger partial charge in [-0.3, -0.25) is 15.0 Å². The van der Waals surface area contributed by atoms with Gasteiger partial charge in [0.15, 0.2) is 0 Å². The van der Waals surface area contributed by atoms with Gasteiger partial charge in [0.25, 0.3) is 5.69 Å². The zero-order chi connectivity index (χ0) is 16.3. The summed E-state index contributed by atoms with van der Waals surface area (Å²) < 4.78 is 0. The largest absolute Gasteiger partial charge is 0.304 e. The van der Waals surface area contributed by atoms with Crippen LogP contribution in [-0.2, 0) is 12.0 Å². The fourth-order valence-corrected chi connectivity index (χ4v) is 2.56. The van der Waals surface area contributed by atoms with Gasteiger partial charge in [0.1, 0.15) is 0 Å². The molecule has 1 aromatic carbocycles. The van der Waals surface area contributed by atoms with Gasteiger partial charge in [0, 0.05) is 44.9 Å². The molecule has 1 fully saturated rings. The molecule has 0 atom stereocenters. The zero-order valence-corrected chi connectivity index (χ0v) is 13.4. The Labute approximate surface area is 131 Å². The molecule has 1 aromatic rings. The second-order valence-corrected chi connectivity index (χ2v) is 6.46. The molecule has 0 unspecified atom stereocenters. The smallest absolute Gasteiger partial charge is 0.270 e. The Morgan fingerprint density at radius 2 is 1.91 bits per heavy atom. The fraction of sp³-hybridized carbons (Fsp3) is 0.562. The first kappa shape index (κ1) is 16.4. The average Bonchev–Trinajstić information content (AvgIpc) is 2.49. The number of nitriles is 1. The van der Waals surface area contributed by atoms with Crippen molar-refractivity contribution in [2.75, 3.05) is 33.2 Å². The third-order valence-corrected chi connectivity index (χ3v) is 4.19. The van der Waals surface area contributed by atoms with E-state index in [1.54, 1.807) is 19.9 Å². The summed E-state index contributed by atoms with van der Waals surface area (Å²) in [5.74, 6) is 0. The van der Waals surface area contributed by atoms with Crippen molar-refractivity contribution in [3.05, 3.63) is 39.4 Å². The van der Waals surface area contributed by atoms with E-state index in [2.05, 4.69) is 22.9 Å². The molecule has 2 rings (SSSR count). The van der Waals surface area contributed by atoms with E-state index < -0.39 is 5.41 Å². The lowest BCUT2D eigenvalue weighted by Gasteiger charge is -2.32. The standard InChI is InChI=1S/C16H22N4O2/c1-16(2,12-17)14-8-13(9-15(10-14)20(21)22)11-19-6-4-18(3)5-7-19/h8-10H,4-7,11H2,1-3H3. The van der Waals surface area contributed by atoms with Crippen molar-refractivity contribution in [3.8, 4) is 6.07 Å². The summed E-state index contributed by atoms with van der Waals surface area (Å²) in [6.45, 7) is 8.17. The van der Waals surface area contributed by atoms with Gasteiger partial charge < -0.3 is 4.90 Å². The van der Waals surface area contributed by atoms with Crippen molar-refractivity contribution in [2.45, 2.75) is 25.8 Å². The van der Waals surface area contributed by atoms with E-state index in [0.717, 1.165) is 31.7 Å². The first-order chi connectivity index (χ1) is 10.3. The maximum Gasteiger partial charge on any atom is 0.270 e. The Balaban J connectivity index is 2.27. The summed E-state index contributed by atoms with van der Waals surface area (Å²) in [7, 11) is 2.10. The van der Waals surface area contributed by atoms with E-state index in [-0.39, 0.29) is 10.6 Å². The summed E-state index contributed by atoms with van der Waals surface area (Å²) in [4.78, 5) is 15.3. The number of nitrogens with zero attached hydrogens (tertiary/aromatic N) is 4. The van der Waals surface area contributed by atoms with Crippen molar-refractivity contribution in [3.63, 3.8) is 0 Å². The number of benzene rings is 1. The Morgan fingerprint density at radius 1 is 1.27 bits per heavy atom. The Hall–Kier alpha value is -1.97. The number of non-ortho nitro benzene ring substituents is 1. The first-order valence-corrected chi connectivity index (χ1v) is 7.43. The molecule has 1 aliphatic heterocycles. The third-order valence-electron chi connectivity index (χ3n) is 4.19. The molecular formula is C16H22N4O2. The lowest BCUT2D eigenvalue weighted by Crippen LogP contribution is -2.43. The van der Waals surface area contributed by atoms with Crippen molar-refractivity contribution in [1.29, 1.82) is 5.26 Å². The highest BCUT2D eigenvalue weighted by Crippen LogP contribution is 2.28. The van der Waals surface area contributed by atoms with Crippen LogP contribution >= 0.6 is 0 Å². The van der Waals surface area contributed by atoms with Gasteiger partial charge in [-0.15, -0.1) is 0 Å². The van der Waals surface area contributed by atoms with Gasteiger partial charge in [-0.25, -0.2) is 0 Å². The minimum atomic E-state index is -0.733. The molecule has 6 heteroatoms. The highest BCUT2D eigenvalue weighted by molar-refractivity contribution is 5.44. The molecule has 118 valence electrons. The number of hydrogen-bond donors (Lipinski definition) is 0. The second kappa shape index (κ2) is 6.42. The van der Waals surface area contributed by atoms with Crippen LogP contribution in [0.2, 0.25) is 0 Å². The average molecular weight is 302 g/mol. The van der Waals surface area contributed by atoms with E-state index in [9.17, 15) is 15.4 Å². The highest BCUT2D eigenvalue weighted by atomic mass is 16.6. The Kier molecular flexibility index (Phi) is 4.79. The number of likely N-dealkylation sites (N-methyl/N-ethyl adjacent to an activating group) is 1. The first-order valence-electron chi connectivity index (χ1n) is 7.43. The van der Waals surface area contributed by atoms with Crippen LogP contribution in [-0.4, -0.2) is 47.9 Å². The lowest BCUT2D eigenvalue weighted by atomic mass is 9.85. The topological polar surface area (TPSA) is 73.4 Å². The summed E-state index contributed by atoms with van der Waals surface area (Å²) in [5, 5.41) is 20.4. The highest BCUT2D eigenvalue weighted by Gasteiger charge is 2.24. The molecule has 0 aliphatic carbocycles. The summed E-state index contributed by atoms with van der Waals surface area (Å²) >= 11 is 0. The van der Waals surface area contributed by atoms with Crippen LogP contribution in [0.3, 0.4) is 0 Å². The van der Waals surface area contributed by atoms with Gasteiger partial charge >= 0.3 is 0 Å². The van der Waals surface area contributed by atoms with Gasteiger partial charge in [0.2, 0.25) is 0 Å². The zero-order valence-electron chi connectivity index (χ0n) is 13.4. The molecule has 0 spiro atoms. The van der Waals surface area contributed by atoms with Crippen LogP contribution in [0.5, 0.6) is 0 Å². The van der Waals surface area contributed by atoms with Crippen molar-refractivity contribution < 1.29 is 4.92 Å². The summed E-state index contributed by atoms with van der Waals surface area (Å²) in [6, 6.07) is 7.27.